The Kier molecular flexibility index (Phi) is 7.74. The lowest BCUT2D eigenvalue weighted by Crippen LogP contribution is -2.50. The molecule has 0 atom stereocenters. The van der Waals surface area contributed by atoms with Crippen molar-refractivity contribution < 1.29 is 18.3 Å². The van der Waals surface area contributed by atoms with Crippen molar-refractivity contribution in [2.45, 2.75) is 53.1 Å². The number of aromatic nitrogens is 3. The molecule has 2 aromatic carbocycles. The van der Waals surface area contributed by atoms with E-state index in [1.807, 2.05) is 64.6 Å². The van der Waals surface area contributed by atoms with E-state index in [0.717, 1.165) is 11.1 Å². The Hall–Kier alpha value is -4.34. The molecule has 5 rings (SSSR count). The number of aryl methyl sites for hydroxylation is 1. The van der Waals surface area contributed by atoms with E-state index in [1.165, 1.54) is 28.8 Å². The van der Waals surface area contributed by atoms with Gasteiger partial charge >= 0.3 is 11.8 Å². The maximum atomic E-state index is 15.7. The number of piperazine rings is 1. The summed E-state index contributed by atoms with van der Waals surface area (Å²) in [5.74, 6) is -1.03. The Bertz CT molecular complexity index is 1720. The number of nitrogens with zero attached hydrogens (tertiary/aromatic N) is 5. The number of halogens is 2. The summed E-state index contributed by atoms with van der Waals surface area (Å²) in [5, 5.41) is 0.316. The lowest BCUT2D eigenvalue weighted by Gasteiger charge is -2.36. The van der Waals surface area contributed by atoms with Gasteiger partial charge in [0.25, 0.3) is 0 Å². The largest absolute Gasteiger partial charge is 0.444 e. The lowest BCUT2D eigenvalue weighted by molar-refractivity contribution is 0.0240. The van der Waals surface area contributed by atoms with E-state index in [4.69, 9.17) is 4.74 Å². The van der Waals surface area contributed by atoms with Crippen LogP contribution < -0.4 is 10.6 Å². The minimum Gasteiger partial charge on any atom is -0.444 e. The molecule has 220 valence electrons. The predicted octanol–water partition coefficient (Wildman–Crippen LogP) is 6.21. The molecule has 0 aliphatic carbocycles. The molecule has 1 aliphatic rings. The van der Waals surface area contributed by atoms with Gasteiger partial charge in [0.15, 0.2) is 5.65 Å². The first-order valence-electron chi connectivity index (χ1n) is 14.1. The lowest BCUT2D eigenvalue weighted by atomic mass is 9.98. The molecule has 1 saturated heterocycles. The van der Waals surface area contributed by atoms with Gasteiger partial charge in [-0.2, -0.15) is 4.98 Å². The van der Waals surface area contributed by atoms with Crippen LogP contribution in [0.4, 0.5) is 19.4 Å². The van der Waals surface area contributed by atoms with E-state index in [-0.39, 0.29) is 28.6 Å². The molecule has 10 heteroatoms. The van der Waals surface area contributed by atoms with Crippen LogP contribution in [0.2, 0.25) is 0 Å². The standard InChI is InChI=1S/C32H35F2N5O3/c1-19(2)21-12-9-10-20(3)27(21)39-29-23(18-25(34)26(35-29)22-11-7-8-13-24(22)33)28(36-30(39)40)37-14-16-38(17-15-37)31(41)42-32(4,5)6/h7-13,18-19H,14-17H2,1-6H3. The van der Waals surface area contributed by atoms with Crippen LogP contribution in [0.25, 0.3) is 28.0 Å². The van der Waals surface area contributed by atoms with Crippen LogP contribution in [0.1, 0.15) is 51.7 Å². The summed E-state index contributed by atoms with van der Waals surface area (Å²) in [6.07, 6.45) is -0.418. The first kappa shape index (κ1) is 29.2. The van der Waals surface area contributed by atoms with Gasteiger partial charge < -0.3 is 14.5 Å². The summed E-state index contributed by atoms with van der Waals surface area (Å²) in [6, 6.07) is 12.9. The zero-order valence-corrected chi connectivity index (χ0v) is 24.7. The molecule has 2 aromatic heterocycles. The number of carbonyl (C=O) groups excluding carboxylic acids is 1. The van der Waals surface area contributed by atoms with Crippen LogP contribution in [0.15, 0.2) is 53.3 Å². The van der Waals surface area contributed by atoms with Crippen molar-refractivity contribution in [2.75, 3.05) is 31.1 Å². The molecular formula is C32H35F2N5O3. The average Bonchev–Trinajstić information content (AvgIpc) is 2.92. The Morgan fingerprint density at radius 2 is 1.64 bits per heavy atom. The van der Waals surface area contributed by atoms with Crippen molar-refractivity contribution in [3.05, 3.63) is 81.8 Å². The van der Waals surface area contributed by atoms with Crippen LogP contribution in [-0.2, 0) is 4.74 Å². The molecule has 0 unspecified atom stereocenters. The van der Waals surface area contributed by atoms with Gasteiger partial charge in [0.05, 0.1) is 11.1 Å². The number of ether oxygens (including phenoxy) is 1. The normalized spacial score (nSPS) is 14.1. The van der Waals surface area contributed by atoms with Crippen LogP contribution >= 0.6 is 0 Å². The summed E-state index contributed by atoms with van der Waals surface area (Å²) in [6.45, 7) is 12.7. The second-order valence-corrected chi connectivity index (χ2v) is 11.8. The summed E-state index contributed by atoms with van der Waals surface area (Å²) in [7, 11) is 0. The minimum absolute atomic E-state index is 0.00546. The van der Waals surface area contributed by atoms with Crippen molar-refractivity contribution >= 4 is 22.9 Å². The van der Waals surface area contributed by atoms with E-state index in [0.29, 0.717) is 37.3 Å². The Labute approximate surface area is 243 Å². The van der Waals surface area contributed by atoms with E-state index < -0.39 is 29.0 Å². The molecule has 0 bridgehead atoms. The Morgan fingerprint density at radius 3 is 2.29 bits per heavy atom. The number of hydrogen-bond acceptors (Lipinski definition) is 6. The number of rotatable bonds is 4. The molecule has 42 heavy (non-hydrogen) atoms. The first-order valence-corrected chi connectivity index (χ1v) is 14.1. The third-order valence-corrected chi connectivity index (χ3v) is 7.28. The monoisotopic (exact) mass is 575 g/mol. The Balaban J connectivity index is 1.69. The molecule has 1 fully saturated rings. The Morgan fingerprint density at radius 1 is 0.952 bits per heavy atom. The molecule has 3 heterocycles. The summed E-state index contributed by atoms with van der Waals surface area (Å²) < 4.78 is 37.5. The fraction of sp³-hybridized carbons (Fsp3) is 0.375. The predicted molar refractivity (Wildman–Crippen MR) is 159 cm³/mol. The number of anilines is 1. The van der Waals surface area contributed by atoms with E-state index in [2.05, 4.69) is 9.97 Å². The number of amides is 1. The topological polar surface area (TPSA) is 80.6 Å². The SMILES string of the molecule is Cc1cccc(C(C)C)c1-n1c(=O)nc(N2CCN(C(=O)OC(C)(C)C)CC2)c2cc(F)c(-c3ccccc3F)nc21. The average molecular weight is 576 g/mol. The zero-order valence-electron chi connectivity index (χ0n) is 24.7. The molecular weight excluding hydrogens is 540 g/mol. The van der Waals surface area contributed by atoms with E-state index in [1.54, 1.807) is 11.0 Å². The molecule has 4 aromatic rings. The number of pyridine rings is 1. The van der Waals surface area contributed by atoms with E-state index in [9.17, 15) is 14.0 Å². The van der Waals surface area contributed by atoms with Gasteiger partial charge in [0.2, 0.25) is 0 Å². The minimum atomic E-state index is -0.734. The maximum absolute atomic E-state index is 15.7. The van der Waals surface area contributed by atoms with Gasteiger partial charge in [0, 0.05) is 31.7 Å². The second kappa shape index (κ2) is 11.2. The van der Waals surface area contributed by atoms with Gasteiger partial charge in [-0.05, 0) is 62.9 Å². The van der Waals surface area contributed by atoms with Gasteiger partial charge in [-0.1, -0.05) is 44.2 Å². The van der Waals surface area contributed by atoms with Gasteiger partial charge in [-0.3, -0.25) is 0 Å². The molecule has 0 spiro atoms. The van der Waals surface area contributed by atoms with Crippen molar-refractivity contribution in [1.82, 2.24) is 19.4 Å². The third-order valence-electron chi connectivity index (χ3n) is 7.28. The van der Waals surface area contributed by atoms with Crippen LogP contribution in [0.5, 0.6) is 0 Å². The highest BCUT2D eigenvalue weighted by molar-refractivity contribution is 5.90. The highest BCUT2D eigenvalue weighted by Crippen LogP contribution is 2.33. The molecule has 1 amide bonds. The number of fused-ring (bicyclic) bond motifs is 1. The number of benzene rings is 2. The van der Waals surface area contributed by atoms with E-state index >= 15 is 4.39 Å². The zero-order chi connectivity index (χ0) is 30.3. The summed E-state index contributed by atoms with van der Waals surface area (Å²) in [4.78, 5) is 39.0. The number of carbonyl (C=O) groups is 1. The molecule has 8 nitrogen and oxygen atoms in total. The molecule has 0 N–H and O–H groups in total. The van der Waals surface area contributed by atoms with Crippen molar-refractivity contribution in [3.63, 3.8) is 0 Å². The van der Waals surface area contributed by atoms with Crippen LogP contribution in [0, 0.1) is 18.6 Å². The van der Waals surface area contributed by atoms with Crippen LogP contribution in [0.3, 0.4) is 0 Å². The smallest absolute Gasteiger partial charge is 0.410 e. The maximum Gasteiger partial charge on any atom is 0.410 e. The second-order valence-electron chi connectivity index (χ2n) is 11.8. The highest BCUT2D eigenvalue weighted by atomic mass is 19.1. The van der Waals surface area contributed by atoms with Crippen molar-refractivity contribution in [1.29, 1.82) is 0 Å². The molecule has 0 saturated carbocycles. The highest BCUT2D eigenvalue weighted by Gasteiger charge is 2.29. The van der Waals surface area contributed by atoms with Gasteiger partial charge in [-0.15, -0.1) is 0 Å². The summed E-state index contributed by atoms with van der Waals surface area (Å²) >= 11 is 0. The van der Waals surface area contributed by atoms with Crippen molar-refractivity contribution in [3.8, 4) is 16.9 Å². The third kappa shape index (κ3) is 5.57. The number of para-hydroxylation sites is 1. The van der Waals surface area contributed by atoms with Gasteiger partial charge in [0.1, 0.15) is 28.7 Å². The quantitative estimate of drug-likeness (QED) is 0.288. The van der Waals surface area contributed by atoms with Crippen molar-refractivity contribution in [2.24, 2.45) is 0 Å². The molecule has 0 radical (unpaired) electrons. The summed E-state index contributed by atoms with van der Waals surface area (Å²) in [5.41, 5.74) is 1.11. The fourth-order valence-corrected chi connectivity index (χ4v) is 5.27. The number of hydrogen-bond donors (Lipinski definition) is 0. The van der Waals surface area contributed by atoms with Gasteiger partial charge in [-0.25, -0.2) is 27.9 Å². The van der Waals surface area contributed by atoms with Crippen LogP contribution in [-0.4, -0.2) is 57.3 Å². The fourth-order valence-electron chi connectivity index (χ4n) is 5.27. The first-order chi connectivity index (χ1) is 19.9. The molecule has 1 aliphatic heterocycles.